The second-order valence-electron chi connectivity index (χ2n) is 4.58. The average molecular weight is 320 g/mol. The predicted molar refractivity (Wildman–Crippen MR) is 78.7 cm³/mol. The zero-order valence-corrected chi connectivity index (χ0v) is 12.6. The van der Waals surface area contributed by atoms with E-state index in [0.717, 1.165) is 0 Å². The zero-order valence-electron chi connectivity index (χ0n) is 12.6. The van der Waals surface area contributed by atoms with E-state index in [1.165, 1.54) is 26.5 Å². The van der Waals surface area contributed by atoms with Crippen molar-refractivity contribution in [1.29, 1.82) is 0 Å². The Hall–Kier alpha value is -2.96. The molecule has 0 saturated heterocycles. The van der Waals surface area contributed by atoms with Gasteiger partial charge in [0.25, 0.3) is 0 Å². The number of carboxylic acids is 1. The molecule has 0 aliphatic heterocycles. The van der Waals surface area contributed by atoms with Crippen LogP contribution in [-0.2, 0) is 9.53 Å². The first kappa shape index (κ1) is 16.4. The molecule has 23 heavy (non-hydrogen) atoms. The van der Waals surface area contributed by atoms with Crippen molar-refractivity contribution in [1.82, 2.24) is 0 Å². The van der Waals surface area contributed by atoms with Crippen LogP contribution in [0.1, 0.15) is 28.6 Å². The molecule has 1 unspecified atom stereocenters. The number of benzene rings is 1. The van der Waals surface area contributed by atoms with Crippen molar-refractivity contribution in [2.45, 2.75) is 12.5 Å². The second kappa shape index (κ2) is 7.35. The van der Waals surface area contributed by atoms with Crippen LogP contribution in [0.5, 0.6) is 11.5 Å². The minimum atomic E-state index is -1.10. The Morgan fingerprint density at radius 2 is 1.91 bits per heavy atom. The molecule has 0 radical (unpaired) electrons. The topological polar surface area (TPSA) is 95.2 Å². The Kier molecular flexibility index (Phi) is 5.24. The molecule has 0 aliphatic rings. The first-order valence-corrected chi connectivity index (χ1v) is 6.73. The van der Waals surface area contributed by atoms with Gasteiger partial charge < -0.3 is 23.7 Å². The summed E-state index contributed by atoms with van der Waals surface area (Å²) in [5, 5.41) is 9.05. The van der Waals surface area contributed by atoms with Crippen LogP contribution in [0.3, 0.4) is 0 Å². The van der Waals surface area contributed by atoms with E-state index < -0.39 is 18.0 Å². The van der Waals surface area contributed by atoms with Crippen LogP contribution in [0.25, 0.3) is 0 Å². The van der Waals surface area contributed by atoms with Gasteiger partial charge in [0.15, 0.2) is 11.5 Å². The second-order valence-corrected chi connectivity index (χ2v) is 4.58. The smallest absolute Gasteiger partial charge is 0.374 e. The van der Waals surface area contributed by atoms with E-state index in [1.54, 1.807) is 24.3 Å². The van der Waals surface area contributed by atoms with Crippen LogP contribution >= 0.6 is 0 Å². The summed E-state index contributed by atoms with van der Waals surface area (Å²) in [4.78, 5) is 23.0. The van der Waals surface area contributed by atoms with Crippen LogP contribution in [0.4, 0.5) is 0 Å². The number of aliphatic carboxylic acids is 1. The minimum Gasteiger partial charge on any atom is -0.493 e. The zero-order chi connectivity index (χ0) is 16.8. The summed E-state index contributed by atoms with van der Waals surface area (Å²) in [6.45, 7) is 0. The summed E-state index contributed by atoms with van der Waals surface area (Å²) >= 11 is 0. The van der Waals surface area contributed by atoms with E-state index >= 15 is 0 Å². The number of hydrogen-bond donors (Lipinski definition) is 1. The van der Waals surface area contributed by atoms with Gasteiger partial charge in [0.05, 0.1) is 26.9 Å². The molecule has 1 aromatic carbocycles. The molecule has 0 aliphatic carbocycles. The number of carbonyl (C=O) groups is 2. The van der Waals surface area contributed by atoms with Gasteiger partial charge >= 0.3 is 11.9 Å². The monoisotopic (exact) mass is 320 g/mol. The average Bonchev–Trinajstić information content (AvgIpc) is 3.07. The lowest BCUT2D eigenvalue weighted by molar-refractivity contribution is -0.139. The fraction of sp³-hybridized carbons (Fsp3) is 0.250. The van der Waals surface area contributed by atoms with Crippen molar-refractivity contribution in [3.8, 4) is 11.5 Å². The summed E-state index contributed by atoms with van der Waals surface area (Å²) in [6.07, 6.45) is -0.0360. The minimum absolute atomic E-state index is 0.000801. The maximum absolute atomic E-state index is 12.0. The largest absolute Gasteiger partial charge is 0.493 e. The molecule has 2 aromatic rings. The van der Waals surface area contributed by atoms with E-state index in [4.69, 9.17) is 23.7 Å². The fourth-order valence-corrected chi connectivity index (χ4v) is 2.02. The number of carboxylic acid groups (broad SMARTS) is 1. The van der Waals surface area contributed by atoms with Crippen molar-refractivity contribution >= 4 is 11.9 Å². The van der Waals surface area contributed by atoms with E-state index in [1.807, 2.05) is 0 Å². The van der Waals surface area contributed by atoms with E-state index in [2.05, 4.69) is 0 Å². The Bertz CT molecular complexity index is 676. The first-order chi connectivity index (χ1) is 11.0. The Balaban J connectivity index is 2.27. The van der Waals surface area contributed by atoms with Gasteiger partial charge in [-0.1, -0.05) is 6.07 Å². The lowest BCUT2D eigenvalue weighted by Gasteiger charge is -2.17. The Labute approximate surface area is 132 Å². The molecule has 1 aromatic heterocycles. The van der Waals surface area contributed by atoms with Gasteiger partial charge in [-0.05, 0) is 29.8 Å². The first-order valence-electron chi connectivity index (χ1n) is 6.73. The molecule has 1 atom stereocenters. The molecule has 1 heterocycles. The van der Waals surface area contributed by atoms with Crippen LogP contribution in [0.2, 0.25) is 0 Å². The molecule has 122 valence electrons. The molecule has 0 amide bonds. The standard InChI is InChI=1S/C16H16O7/c1-20-11-6-5-10(8-14(11)21-2)13(9-15(17)18)23-16(19)12-4-3-7-22-12/h3-8,13H,9H2,1-2H3,(H,17,18). The van der Waals surface area contributed by atoms with Crippen LogP contribution < -0.4 is 9.47 Å². The highest BCUT2D eigenvalue weighted by atomic mass is 16.6. The summed E-state index contributed by atoms with van der Waals surface area (Å²) in [5.41, 5.74) is 0.477. The van der Waals surface area contributed by atoms with Crippen molar-refractivity contribution in [3.63, 3.8) is 0 Å². The lowest BCUT2D eigenvalue weighted by Crippen LogP contribution is -2.15. The van der Waals surface area contributed by atoms with E-state index in [-0.39, 0.29) is 12.2 Å². The normalized spacial score (nSPS) is 11.6. The highest BCUT2D eigenvalue weighted by Crippen LogP contribution is 2.32. The van der Waals surface area contributed by atoms with Crippen molar-refractivity contribution < 1.29 is 33.3 Å². The van der Waals surface area contributed by atoms with Gasteiger partial charge in [-0.25, -0.2) is 4.79 Å². The molecular formula is C16H16O7. The number of methoxy groups -OCH3 is 2. The fourth-order valence-electron chi connectivity index (χ4n) is 2.02. The molecule has 1 N–H and O–H groups in total. The molecule has 0 fully saturated rings. The number of furan rings is 1. The van der Waals surface area contributed by atoms with Crippen LogP contribution in [0, 0.1) is 0 Å². The summed E-state index contributed by atoms with van der Waals surface area (Å²) in [6, 6.07) is 7.78. The highest BCUT2D eigenvalue weighted by molar-refractivity contribution is 5.86. The third kappa shape index (κ3) is 4.03. The van der Waals surface area contributed by atoms with Crippen LogP contribution in [0.15, 0.2) is 41.0 Å². The van der Waals surface area contributed by atoms with E-state index in [9.17, 15) is 9.59 Å². The van der Waals surface area contributed by atoms with Gasteiger partial charge in [-0.3, -0.25) is 4.79 Å². The molecule has 0 bridgehead atoms. The SMILES string of the molecule is COc1ccc(C(CC(=O)O)OC(=O)c2ccco2)cc1OC. The lowest BCUT2D eigenvalue weighted by atomic mass is 10.1. The van der Waals surface area contributed by atoms with Gasteiger partial charge in [-0.15, -0.1) is 0 Å². The number of carbonyl (C=O) groups excluding carboxylic acids is 1. The Morgan fingerprint density at radius 1 is 1.17 bits per heavy atom. The summed E-state index contributed by atoms with van der Waals surface area (Å²) in [5.74, 6) is -0.939. The maximum Gasteiger partial charge on any atom is 0.374 e. The molecule has 7 heteroatoms. The Morgan fingerprint density at radius 3 is 2.48 bits per heavy atom. The number of hydrogen-bond acceptors (Lipinski definition) is 6. The van der Waals surface area contributed by atoms with E-state index in [0.29, 0.717) is 17.1 Å². The molecule has 7 nitrogen and oxygen atoms in total. The third-order valence-corrected chi connectivity index (χ3v) is 3.11. The third-order valence-electron chi connectivity index (χ3n) is 3.11. The van der Waals surface area contributed by atoms with Crippen LogP contribution in [-0.4, -0.2) is 31.3 Å². The number of rotatable bonds is 7. The van der Waals surface area contributed by atoms with Gasteiger partial charge in [0.1, 0.15) is 6.10 Å². The summed E-state index contributed by atoms with van der Waals surface area (Å²) < 4.78 is 20.5. The van der Waals surface area contributed by atoms with Crippen molar-refractivity contribution in [3.05, 3.63) is 47.9 Å². The van der Waals surface area contributed by atoms with Gasteiger partial charge in [0, 0.05) is 0 Å². The van der Waals surface area contributed by atoms with Crippen molar-refractivity contribution in [2.75, 3.05) is 14.2 Å². The molecular weight excluding hydrogens is 304 g/mol. The van der Waals surface area contributed by atoms with Gasteiger partial charge in [-0.2, -0.15) is 0 Å². The number of ether oxygens (including phenoxy) is 3. The van der Waals surface area contributed by atoms with Gasteiger partial charge in [0.2, 0.25) is 5.76 Å². The quantitative estimate of drug-likeness (QED) is 0.783. The van der Waals surface area contributed by atoms with Crippen molar-refractivity contribution in [2.24, 2.45) is 0 Å². The molecule has 0 saturated carbocycles. The maximum atomic E-state index is 12.0. The summed E-state index contributed by atoms with van der Waals surface area (Å²) in [7, 11) is 2.95. The molecule has 0 spiro atoms. The predicted octanol–water partition coefficient (Wildman–Crippen LogP) is 2.67. The molecule has 2 rings (SSSR count). The number of esters is 1. The highest BCUT2D eigenvalue weighted by Gasteiger charge is 2.23.